The van der Waals surface area contributed by atoms with E-state index < -0.39 is 0 Å². The van der Waals surface area contributed by atoms with Gasteiger partial charge in [0, 0.05) is 0 Å². The van der Waals surface area contributed by atoms with Crippen LogP contribution in [0.25, 0.3) is 0 Å². The van der Waals surface area contributed by atoms with Crippen molar-refractivity contribution in [1.82, 2.24) is 0 Å². The topological polar surface area (TPSA) is 20.2 Å². The standard InChI is InChI=1S/C28H46O/c1-18(2)19(3)7-8-20(4)24-11-12-25-23-10-9-21-17-22(29)13-15-27(21,5)26(23)14-16-28(24,25)6/h7,9,18,20,22-26,29H,8,10-17H2,1-6H3/t20-,22+,23+,24-,25+,26+,27+,28-/m1/s1. The van der Waals surface area contributed by atoms with Gasteiger partial charge in [0.25, 0.3) is 0 Å². The number of aliphatic hydroxyl groups excluding tert-OH is 1. The lowest BCUT2D eigenvalue weighted by molar-refractivity contribution is -0.0565. The van der Waals surface area contributed by atoms with E-state index in [1.807, 2.05) is 0 Å². The molecule has 0 saturated heterocycles. The van der Waals surface area contributed by atoms with E-state index in [1.165, 1.54) is 44.9 Å². The van der Waals surface area contributed by atoms with Crippen molar-refractivity contribution in [2.45, 2.75) is 105 Å². The minimum Gasteiger partial charge on any atom is -0.393 e. The first-order chi connectivity index (χ1) is 13.7. The molecule has 0 bridgehead atoms. The van der Waals surface area contributed by atoms with E-state index in [1.54, 1.807) is 11.1 Å². The predicted molar refractivity (Wildman–Crippen MR) is 124 cm³/mol. The maximum atomic E-state index is 10.2. The highest BCUT2D eigenvalue weighted by Crippen LogP contribution is 2.67. The van der Waals surface area contributed by atoms with Gasteiger partial charge >= 0.3 is 0 Å². The fraction of sp³-hybridized carbons (Fsp3) is 0.857. The van der Waals surface area contributed by atoms with Crippen LogP contribution in [-0.4, -0.2) is 11.2 Å². The van der Waals surface area contributed by atoms with E-state index in [4.69, 9.17) is 0 Å². The smallest absolute Gasteiger partial charge is 0.0577 e. The van der Waals surface area contributed by atoms with E-state index in [0.29, 0.717) is 16.7 Å². The van der Waals surface area contributed by atoms with Crippen molar-refractivity contribution in [2.24, 2.45) is 46.3 Å². The Morgan fingerprint density at radius 2 is 1.86 bits per heavy atom. The van der Waals surface area contributed by atoms with Gasteiger partial charge in [-0.15, -0.1) is 0 Å². The maximum absolute atomic E-state index is 10.2. The number of aliphatic hydroxyl groups is 1. The monoisotopic (exact) mass is 398 g/mol. The second-order valence-electron chi connectivity index (χ2n) is 12.2. The molecule has 1 nitrogen and oxygen atoms in total. The number of hydrogen-bond donors (Lipinski definition) is 1. The lowest BCUT2D eigenvalue weighted by Gasteiger charge is -2.58. The first-order valence-electron chi connectivity index (χ1n) is 12.7. The van der Waals surface area contributed by atoms with Crippen molar-refractivity contribution < 1.29 is 5.11 Å². The minimum atomic E-state index is -0.0845. The molecule has 4 aliphatic rings. The minimum absolute atomic E-state index is 0.0845. The van der Waals surface area contributed by atoms with Crippen LogP contribution in [0, 0.1) is 46.3 Å². The van der Waals surface area contributed by atoms with Gasteiger partial charge in [-0.2, -0.15) is 0 Å². The third-order valence-electron chi connectivity index (χ3n) is 10.6. The van der Waals surface area contributed by atoms with Gasteiger partial charge in [-0.3, -0.25) is 0 Å². The first kappa shape index (κ1) is 21.7. The molecule has 0 aromatic heterocycles. The third kappa shape index (κ3) is 3.58. The zero-order valence-corrected chi connectivity index (χ0v) is 20.0. The molecule has 164 valence electrons. The molecule has 3 saturated carbocycles. The van der Waals surface area contributed by atoms with Crippen LogP contribution >= 0.6 is 0 Å². The van der Waals surface area contributed by atoms with Crippen molar-refractivity contribution in [3.05, 3.63) is 23.3 Å². The zero-order chi connectivity index (χ0) is 21.0. The summed E-state index contributed by atoms with van der Waals surface area (Å²) in [5.74, 6) is 5.07. The molecule has 0 spiro atoms. The third-order valence-corrected chi connectivity index (χ3v) is 10.6. The van der Waals surface area contributed by atoms with E-state index in [0.717, 1.165) is 42.4 Å². The van der Waals surface area contributed by atoms with Crippen molar-refractivity contribution >= 4 is 0 Å². The van der Waals surface area contributed by atoms with E-state index in [2.05, 4.69) is 53.7 Å². The molecule has 0 amide bonds. The lowest BCUT2D eigenvalue weighted by Crippen LogP contribution is -2.50. The molecule has 0 unspecified atom stereocenters. The fourth-order valence-electron chi connectivity index (χ4n) is 8.39. The molecule has 0 aromatic rings. The number of allylic oxidation sites excluding steroid dienone is 3. The van der Waals surface area contributed by atoms with Gasteiger partial charge in [-0.1, -0.05) is 57.9 Å². The number of fused-ring (bicyclic) bond motifs is 5. The van der Waals surface area contributed by atoms with Crippen LogP contribution in [-0.2, 0) is 0 Å². The summed E-state index contributed by atoms with van der Waals surface area (Å²) in [6.07, 6.45) is 16.5. The van der Waals surface area contributed by atoms with Gasteiger partial charge in [-0.05, 0) is 111 Å². The van der Waals surface area contributed by atoms with Gasteiger partial charge < -0.3 is 5.11 Å². The summed E-state index contributed by atoms with van der Waals surface area (Å²) in [6.45, 7) is 14.7. The quantitative estimate of drug-likeness (QED) is 0.484. The SMILES string of the molecule is CC(=CC[C@@H](C)[C@H]1CC[C@H]2[C@@H]3CC=C4C[C@@H](O)CC[C@]4(C)[C@H]3CC[C@]12C)C(C)C. The largest absolute Gasteiger partial charge is 0.393 e. The summed E-state index contributed by atoms with van der Waals surface area (Å²) in [7, 11) is 0. The summed E-state index contributed by atoms with van der Waals surface area (Å²) < 4.78 is 0. The molecular formula is C28H46O. The summed E-state index contributed by atoms with van der Waals surface area (Å²) in [5, 5.41) is 10.2. The second-order valence-corrected chi connectivity index (χ2v) is 12.2. The molecule has 0 radical (unpaired) electrons. The van der Waals surface area contributed by atoms with Gasteiger partial charge in [0.15, 0.2) is 0 Å². The molecule has 4 aliphatic carbocycles. The molecule has 0 aliphatic heterocycles. The van der Waals surface area contributed by atoms with E-state index >= 15 is 0 Å². The van der Waals surface area contributed by atoms with Gasteiger partial charge in [0.05, 0.1) is 6.10 Å². The Morgan fingerprint density at radius 1 is 1.10 bits per heavy atom. The van der Waals surface area contributed by atoms with Crippen molar-refractivity contribution in [3.8, 4) is 0 Å². The van der Waals surface area contributed by atoms with Gasteiger partial charge in [0.2, 0.25) is 0 Å². The van der Waals surface area contributed by atoms with E-state index in [-0.39, 0.29) is 6.10 Å². The molecule has 0 aromatic carbocycles. The van der Waals surface area contributed by atoms with Crippen LogP contribution in [0.15, 0.2) is 23.3 Å². The summed E-state index contributed by atoms with van der Waals surface area (Å²) in [4.78, 5) is 0. The van der Waals surface area contributed by atoms with Crippen molar-refractivity contribution in [2.75, 3.05) is 0 Å². The van der Waals surface area contributed by atoms with Gasteiger partial charge in [-0.25, -0.2) is 0 Å². The van der Waals surface area contributed by atoms with Gasteiger partial charge in [0.1, 0.15) is 0 Å². The summed E-state index contributed by atoms with van der Waals surface area (Å²) in [5.41, 5.74) is 4.11. The molecule has 1 N–H and O–H groups in total. The fourth-order valence-corrected chi connectivity index (χ4v) is 8.39. The highest BCUT2D eigenvalue weighted by atomic mass is 16.3. The molecular weight excluding hydrogens is 352 g/mol. The Bertz CT molecular complexity index is 672. The maximum Gasteiger partial charge on any atom is 0.0577 e. The van der Waals surface area contributed by atoms with Crippen LogP contribution in [0.3, 0.4) is 0 Å². The van der Waals surface area contributed by atoms with Crippen LogP contribution in [0.2, 0.25) is 0 Å². The second kappa shape index (κ2) is 7.85. The molecule has 3 fully saturated rings. The zero-order valence-electron chi connectivity index (χ0n) is 20.0. The van der Waals surface area contributed by atoms with Crippen LogP contribution < -0.4 is 0 Å². The average Bonchev–Trinajstić information content (AvgIpc) is 3.03. The number of rotatable bonds is 4. The van der Waals surface area contributed by atoms with Crippen molar-refractivity contribution in [1.29, 1.82) is 0 Å². The predicted octanol–water partition coefficient (Wildman–Crippen LogP) is 7.55. The van der Waals surface area contributed by atoms with Crippen LogP contribution in [0.4, 0.5) is 0 Å². The van der Waals surface area contributed by atoms with Crippen LogP contribution in [0.5, 0.6) is 0 Å². The normalized spacial score (nSPS) is 46.0. The Balaban J connectivity index is 1.52. The molecule has 4 rings (SSSR count). The summed E-state index contributed by atoms with van der Waals surface area (Å²) >= 11 is 0. The first-order valence-corrected chi connectivity index (χ1v) is 12.7. The van der Waals surface area contributed by atoms with Crippen molar-refractivity contribution in [3.63, 3.8) is 0 Å². The lowest BCUT2D eigenvalue weighted by atomic mass is 9.47. The Labute approximate surface area is 180 Å². The average molecular weight is 399 g/mol. The number of hydrogen-bond acceptors (Lipinski definition) is 1. The highest BCUT2D eigenvalue weighted by Gasteiger charge is 2.59. The summed E-state index contributed by atoms with van der Waals surface area (Å²) in [6, 6.07) is 0. The van der Waals surface area contributed by atoms with Crippen LogP contribution in [0.1, 0.15) is 99.3 Å². The molecule has 8 atom stereocenters. The molecule has 1 heteroatoms. The Morgan fingerprint density at radius 3 is 2.59 bits per heavy atom. The highest BCUT2D eigenvalue weighted by molar-refractivity contribution is 5.25. The Hall–Kier alpha value is -0.560. The molecule has 29 heavy (non-hydrogen) atoms. The van der Waals surface area contributed by atoms with E-state index in [9.17, 15) is 5.11 Å². The molecule has 0 heterocycles. The Kier molecular flexibility index (Phi) is 5.86.